The minimum absolute atomic E-state index is 0.0128. The Balaban J connectivity index is 3.12. The number of amides is 2. The summed E-state index contributed by atoms with van der Waals surface area (Å²) in [6, 6.07) is -0.372. The molecule has 4 heteroatoms. The van der Waals surface area contributed by atoms with Gasteiger partial charge in [0.15, 0.2) is 0 Å². The van der Waals surface area contributed by atoms with Crippen molar-refractivity contribution < 1.29 is 9.59 Å². The lowest BCUT2D eigenvalue weighted by Crippen LogP contribution is -2.70. The zero-order chi connectivity index (χ0) is 13.4. The molecule has 1 aliphatic heterocycles. The number of carbonyl (C=O) groups excluding carboxylic acids is 2. The first kappa shape index (κ1) is 14.0. The molecule has 0 aromatic carbocycles. The first-order chi connectivity index (χ1) is 7.61. The van der Waals surface area contributed by atoms with Crippen LogP contribution in [0.3, 0.4) is 0 Å². The molecule has 98 valence electrons. The maximum absolute atomic E-state index is 12.4. The van der Waals surface area contributed by atoms with Gasteiger partial charge in [0.2, 0.25) is 11.8 Å². The van der Waals surface area contributed by atoms with Crippen molar-refractivity contribution in [2.24, 2.45) is 5.41 Å². The zero-order valence-corrected chi connectivity index (χ0v) is 11.8. The molecule has 17 heavy (non-hydrogen) atoms. The number of hydrogen-bond donors (Lipinski definition) is 1. The van der Waals surface area contributed by atoms with Crippen LogP contribution in [0.25, 0.3) is 0 Å². The molecule has 0 saturated carbocycles. The van der Waals surface area contributed by atoms with Gasteiger partial charge >= 0.3 is 0 Å². The van der Waals surface area contributed by atoms with E-state index in [1.165, 1.54) is 0 Å². The third kappa shape index (κ3) is 2.61. The number of nitrogens with zero attached hydrogens (tertiary/aromatic N) is 1. The van der Waals surface area contributed by atoms with Crippen molar-refractivity contribution in [3.05, 3.63) is 0 Å². The second-order valence-corrected chi connectivity index (χ2v) is 6.38. The summed E-state index contributed by atoms with van der Waals surface area (Å²) < 4.78 is 0. The molecular weight excluding hydrogens is 216 g/mol. The fraction of sp³-hybridized carbons (Fsp3) is 0.846. The molecule has 2 amide bonds. The van der Waals surface area contributed by atoms with E-state index >= 15 is 0 Å². The standard InChI is InChI=1S/C13H24N2O2/c1-7-8-15-9(12(2,3)4)10(16)14-13(5,6)11(15)17/h9H,7-8H2,1-6H3,(H,14,16). The topological polar surface area (TPSA) is 49.4 Å². The van der Waals surface area contributed by atoms with E-state index in [-0.39, 0.29) is 23.3 Å². The Labute approximate surface area is 104 Å². The monoisotopic (exact) mass is 240 g/mol. The lowest BCUT2D eigenvalue weighted by atomic mass is 9.81. The lowest BCUT2D eigenvalue weighted by molar-refractivity contribution is -0.157. The van der Waals surface area contributed by atoms with Crippen molar-refractivity contribution in [1.29, 1.82) is 0 Å². The summed E-state index contributed by atoms with van der Waals surface area (Å²) in [7, 11) is 0. The average molecular weight is 240 g/mol. The lowest BCUT2D eigenvalue weighted by Gasteiger charge is -2.47. The predicted molar refractivity (Wildman–Crippen MR) is 67.5 cm³/mol. The molecule has 1 saturated heterocycles. The Morgan fingerprint density at radius 3 is 2.24 bits per heavy atom. The Morgan fingerprint density at radius 1 is 1.29 bits per heavy atom. The number of nitrogens with one attached hydrogen (secondary N) is 1. The van der Waals surface area contributed by atoms with Gasteiger partial charge in [-0.2, -0.15) is 0 Å². The molecular formula is C13H24N2O2. The molecule has 1 fully saturated rings. The Morgan fingerprint density at radius 2 is 1.82 bits per heavy atom. The summed E-state index contributed by atoms with van der Waals surface area (Å²) in [5, 5.41) is 2.82. The molecule has 0 aliphatic carbocycles. The van der Waals surface area contributed by atoms with Crippen molar-refractivity contribution >= 4 is 11.8 Å². The van der Waals surface area contributed by atoms with Gasteiger partial charge in [0, 0.05) is 6.54 Å². The van der Waals surface area contributed by atoms with E-state index in [0.29, 0.717) is 6.54 Å². The van der Waals surface area contributed by atoms with Crippen LogP contribution in [-0.4, -0.2) is 34.8 Å². The van der Waals surface area contributed by atoms with Crippen LogP contribution in [-0.2, 0) is 9.59 Å². The fourth-order valence-corrected chi connectivity index (χ4v) is 2.38. The smallest absolute Gasteiger partial charge is 0.248 e. The summed E-state index contributed by atoms with van der Waals surface area (Å²) in [5.41, 5.74) is -1.03. The Kier molecular flexibility index (Phi) is 3.55. The quantitative estimate of drug-likeness (QED) is 0.796. The van der Waals surface area contributed by atoms with Crippen LogP contribution in [0.5, 0.6) is 0 Å². The molecule has 0 aromatic rings. The van der Waals surface area contributed by atoms with Gasteiger partial charge in [0.25, 0.3) is 0 Å². The van der Waals surface area contributed by atoms with Crippen LogP contribution in [0.15, 0.2) is 0 Å². The maximum atomic E-state index is 12.4. The highest BCUT2D eigenvalue weighted by Crippen LogP contribution is 2.30. The number of hydrogen-bond acceptors (Lipinski definition) is 2. The van der Waals surface area contributed by atoms with Crippen molar-refractivity contribution in [1.82, 2.24) is 10.2 Å². The van der Waals surface area contributed by atoms with Crippen LogP contribution in [0.4, 0.5) is 0 Å². The van der Waals surface area contributed by atoms with Crippen molar-refractivity contribution in [2.45, 2.75) is 59.5 Å². The van der Waals surface area contributed by atoms with E-state index in [2.05, 4.69) is 5.32 Å². The average Bonchev–Trinajstić information content (AvgIpc) is 2.11. The third-order valence-corrected chi connectivity index (χ3v) is 3.08. The molecule has 1 heterocycles. The molecule has 0 aromatic heterocycles. The van der Waals surface area contributed by atoms with Crippen LogP contribution in [0, 0.1) is 5.41 Å². The van der Waals surface area contributed by atoms with Gasteiger partial charge < -0.3 is 10.2 Å². The van der Waals surface area contributed by atoms with E-state index < -0.39 is 5.54 Å². The van der Waals surface area contributed by atoms with E-state index in [4.69, 9.17) is 0 Å². The highest BCUT2D eigenvalue weighted by atomic mass is 16.2. The third-order valence-electron chi connectivity index (χ3n) is 3.08. The molecule has 1 unspecified atom stereocenters. The van der Waals surface area contributed by atoms with Gasteiger partial charge in [-0.25, -0.2) is 0 Å². The molecule has 1 atom stereocenters. The van der Waals surface area contributed by atoms with Gasteiger partial charge in [-0.1, -0.05) is 27.7 Å². The molecule has 0 radical (unpaired) electrons. The normalized spacial score (nSPS) is 24.8. The number of piperazine rings is 1. The second-order valence-electron chi connectivity index (χ2n) is 6.38. The van der Waals surface area contributed by atoms with Gasteiger partial charge in [-0.15, -0.1) is 0 Å². The molecule has 0 spiro atoms. The van der Waals surface area contributed by atoms with Gasteiger partial charge in [0.05, 0.1) is 0 Å². The number of rotatable bonds is 2. The summed E-state index contributed by atoms with van der Waals surface area (Å²) in [5.74, 6) is -0.0329. The van der Waals surface area contributed by atoms with Gasteiger partial charge in [-0.3, -0.25) is 9.59 Å². The fourth-order valence-electron chi connectivity index (χ4n) is 2.38. The van der Waals surface area contributed by atoms with E-state index in [0.717, 1.165) is 6.42 Å². The molecule has 1 N–H and O–H groups in total. The van der Waals surface area contributed by atoms with Gasteiger partial charge in [-0.05, 0) is 25.7 Å². The van der Waals surface area contributed by atoms with Gasteiger partial charge in [0.1, 0.15) is 11.6 Å². The highest BCUT2D eigenvalue weighted by Gasteiger charge is 2.48. The van der Waals surface area contributed by atoms with E-state index in [1.54, 1.807) is 18.7 Å². The summed E-state index contributed by atoms with van der Waals surface area (Å²) in [4.78, 5) is 26.3. The van der Waals surface area contributed by atoms with Crippen LogP contribution < -0.4 is 5.32 Å². The predicted octanol–water partition coefficient (Wildman–Crippen LogP) is 1.55. The molecule has 0 bridgehead atoms. The van der Waals surface area contributed by atoms with Crippen LogP contribution >= 0.6 is 0 Å². The zero-order valence-electron chi connectivity index (χ0n) is 11.8. The van der Waals surface area contributed by atoms with E-state index in [1.807, 2.05) is 27.7 Å². The van der Waals surface area contributed by atoms with E-state index in [9.17, 15) is 9.59 Å². The molecule has 1 rings (SSSR count). The minimum atomic E-state index is -0.784. The second kappa shape index (κ2) is 4.31. The highest BCUT2D eigenvalue weighted by molar-refractivity contribution is 5.99. The van der Waals surface area contributed by atoms with Crippen LogP contribution in [0.1, 0.15) is 48.0 Å². The Bertz CT molecular complexity index is 329. The number of carbonyl (C=O) groups is 2. The molecule has 4 nitrogen and oxygen atoms in total. The van der Waals surface area contributed by atoms with Crippen LogP contribution in [0.2, 0.25) is 0 Å². The Hall–Kier alpha value is -1.06. The summed E-state index contributed by atoms with van der Waals surface area (Å²) >= 11 is 0. The summed E-state index contributed by atoms with van der Waals surface area (Å²) in [6.45, 7) is 12.1. The first-order valence-electron chi connectivity index (χ1n) is 6.24. The maximum Gasteiger partial charge on any atom is 0.248 e. The van der Waals surface area contributed by atoms with Crippen molar-refractivity contribution in [3.8, 4) is 0 Å². The molecule has 1 aliphatic rings. The summed E-state index contributed by atoms with van der Waals surface area (Å²) in [6.07, 6.45) is 0.863. The SMILES string of the molecule is CCCN1C(=O)C(C)(C)NC(=O)C1C(C)(C)C. The largest absolute Gasteiger partial charge is 0.340 e. The first-order valence-corrected chi connectivity index (χ1v) is 6.24. The van der Waals surface area contributed by atoms with Crippen molar-refractivity contribution in [2.75, 3.05) is 6.54 Å². The minimum Gasteiger partial charge on any atom is -0.340 e. The van der Waals surface area contributed by atoms with Crippen molar-refractivity contribution in [3.63, 3.8) is 0 Å².